The average Bonchev–Trinajstić information content (AvgIpc) is 2.75. The van der Waals surface area contributed by atoms with Crippen LogP contribution in [0, 0.1) is 6.92 Å². The lowest BCUT2D eigenvalue weighted by atomic mass is 10.0. The number of nitrogens with one attached hydrogen (secondary N) is 1. The Morgan fingerprint density at radius 2 is 1.90 bits per heavy atom. The monoisotopic (exact) mass is 404 g/mol. The van der Waals surface area contributed by atoms with Gasteiger partial charge in [0, 0.05) is 23.9 Å². The fourth-order valence-corrected chi connectivity index (χ4v) is 3.38. The number of amides is 1. The van der Waals surface area contributed by atoms with E-state index in [0.29, 0.717) is 27.4 Å². The Hall–Kier alpha value is -3.44. The third-order valence-corrected chi connectivity index (χ3v) is 4.88. The van der Waals surface area contributed by atoms with Gasteiger partial charge >= 0.3 is 0 Å². The number of pyridine rings is 1. The highest BCUT2D eigenvalue weighted by atomic mass is 35.5. The summed E-state index contributed by atoms with van der Waals surface area (Å²) in [6.07, 6.45) is 1.58. The third-order valence-electron chi connectivity index (χ3n) is 4.67. The molecule has 29 heavy (non-hydrogen) atoms. The molecule has 4 rings (SSSR count). The molecule has 2 heterocycles. The lowest BCUT2D eigenvalue weighted by Gasteiger charge is -2.11. The second-order valence-corrected chi connectivity index (χ2v) is 6.99. The standard InChI is InChI=1S/C23H17ClN2O3/c1-14-20(27)17-8-5-9-18(22(17)29-21(14)16-6-3-2-4-7-16)23(28)26-13-15-10-11-25-19(24)12-15/h2-12H,13H2,1H3,(H,26,28). The van der Waals surface area contributed by atoms with Gasteiger partial charge in [-0.3, -0.25) is 9.59 Å². The summed E-state index contributed by atoms with van der Waals surface area (Å²) in [5, 5.41) is 3.57. The molecule has 0 saturated heterocycles. The Labute approximate surface area is 172 Å². The molecule has 144 valence electrons. The molecule has 0 fully saturated rings. The first-order chi connectivity index (χ1) is 14.0. The highest BCUT2D eigenvalue weighted by Gasteiger charge is 2.18. The molecule has 0 aliphatic carbocycles. The van der Waals surface area contributed by atoms with Gasteiger partial charge in [-0.2, -0.15) is 0 Å². The lowest BCUT2D eigenvalue weighted by molar-refractivity contribution is 0.0951. The van der Waals surface area contributed by atoms with Crippen molar-refractivity contribution in [2.45, 2.75) is 13.5 Å². The van der Waals surface area contributed by atoms with Gasteiger partial charge in [0.1, 0.15) is 10.9 Å². The summed E-state index contributed by atoms with van der Waals surface area (Å²) >= 11 is 5.89. The van der Waals surface area contributed by atoms with E-state index in [4.69, 9.17) is 16.0 Å². The molecule has 1 N–H and O–H groups in total. The largest absolute Gasteiger partial charge is 0.455 e. The second kappa shape index (κ2) is 7.89. The van der Waals surface area contributed by atoms with Crippen LogP contribution in [-0.4, -0.2) is 10.9 Å². The Morgan fingerprint density at radius 3 is 2.66 bits per heavy atom. The van der Waals surface area contributed by atoms with Crippen LogP contribution >= 0.6 is 11.6 Å². The van der Waals surface area contributed by atoms with Crippen LogP contribution < -0.4 is 10.7 Å². The van der Waals surface area contributed by atoms with Crippen LogP contribution in [0.15, 0.2) is 76.1 Å². The predicted octanol–water partition coefficient (Wildman–Crippen LogP) is 4.75. The second-order valence-electron chi connectivity index (χ2n) is 6.60. The molecule has 5 nitrogen and oxygen atoms in total. The summed E-state index contributed by atoms with van der Waals surface area (Å²) in [5.41, 5.74) is 2.53. The normalized spacial score (nSPS) is 10.8. The van der Waals surface area contributed by atoms with Gasteiger partial charge in [0.25, 0.3) is 5.91 Å². The van der Waals surface area contributed by atoms with E-state index in [1.807, 2.05) is 30.3 Å². The van der Waals surface area contributed by atoms with Crippen LogP contribution in [0.3, 0.4) is 0 Å². The summed E-state index contributed by atoms with van der Waals surface area (Å²) in [5.74, 6) is 0.124. The maximum Gasteiger partial charge on any atom is 0.255 e. The number of hydrogen-bond acceptors (Lipinski definition) is 4. The van der Waals surface area contributed by atoms with Crippen LogP contribution in [0.1, 0.15) is 21.5 Å². The molecule has 2 aromatic carbocycles. The van der Waals surface area contributed by atoms with E-state index in [1.54, 1.807) is 43.5 Å². The number of carbonyl (C=O) groups excluding carboxylic acids is 1. The van der Waals surface area contributed by atoms with Crippen molar-refractivity contribution in [3.05, 3.63) is 98.9 Å². The van der Waals surface area contributed by atoms with Crippen LogP contribution in [0.2, 0.25) is 5.15 Å². The number of benzene rings is 2. The first-order valence-corrected chi connectivity index (χ1v) is 9.43. The number of halogens is 1. The van der Waals surface area contributed by atoms with Gasteiger partial charge < -0.3 is 9.73 Å². The van der Waals surface area contributed by atoms with Crippen molar-refractivity contribution in [2.75, 3.05) is 0 Å². The van der Waals surface area contributed by atoms with Gasteiger partial charge in [-0.05, 0) is 36.8 Å². The number of fused-ring (bicyclic) bond motifs is 1. The minimum Gasteiger partial charge on any atom is -0.455 e. The fraction of sp³-hybridized carbons (Fsp3) is 0.0870. The average molecular weight is 405 g/mol. The zero-order valence-electron chi connectivity index (χ0n) is 15.6. The van der Waals surface area contributed by atoms with E-state index in [-0.39, 0.29) is 23.5 Å². The topological polar surface area (TPSA) is 72.2 Å². The Kier molecular flexibility index (Phi) is 5.14. The fourth-order valence-electron chi connectivity index (χ4n) is 3.18. The molecule has 0 bridgehead atoms. The molecule has 0 aliphatic rings. The quantitative estimate of drug-likeness (QED) is 0.498. The van der Waals surface area contributed by atoms with Gasteiger partial charge in [-0.1, -0.05) is 48.0 Å². The van der Waals surface area contributed by atoms with E-state index in [2.05, 4.69) is 10.3 Å². The molecule has 0 atom stereocenters. The summed E-state index contributed by atoms with van der Waals surface area (Å²) < 4.78 is 6.09. The van der Waals surface area contributed by atoms with Gasteiger partial charge in [0.15, 0.2) is 11.0 Å². The Bertz CT molecular complexity index is 1270. The van der Waals surface area contributed by atoms with Gasteiger partial charge in [0.2, 0.25) is 0 Å². The molecule has 2 aromatic heterocycles. The first-order valence-electron chi connectivity index (χ1n) is 9.05. The van der Waals surface area contributed by atoms with E-state index in [9.17, 15) is 9.59 Å². The van der Waals surface area contributed by atoms with E-state index < -0.39 is 0 Å². The molecule has 0 saturated carbocycles. The van der Waals surface area contributed by atoms with Crippen molar-refractivity contribution in [3.8, 4) is 11.3 Å². The zero-order chi connectivity index (χ0) is 20.4. The maximum atomic E-state index is 12.9. The number of hydrogen-bond donors (Lipinski definition) is 1. The van der Waals surface area contributed by atoms with Crippen LogP contribution in [0.5, 0.6) is 0 Å². The van der Waals surface area contributed by atoms with Crippen LogP contribution in [0.4, 0.5) is 0 Å². The molecular weight excluding hydrogens is 388 g/mol. The molecule has 0 radical (unpaired) electrons. The van der Waals surface area contributed by atoms with Crippen molar-refractivity contribution < 1.29 is 9.21 Å². The summed E-state index contributed by atoms with van der Waals surface area (Å²) in [6.45, 7) is 2.01. The summed E-state index contributed by atoms with van der Waals surface area (Å²) in [7, 11) is 0. The van der Waals surface area contributed by atoms with Crippen LogP contribution in [-0.2, 0) is 6.54 Å². The smallest absolute Gasteiger partial charge is 0.255 e. The number of rotatable bonds is 4. The van der Waals surface area contributed by atoms with Crippen LogP contribution in [0.25, 0.3) is 22.3 Å². The van der Waals surface area contributed by atoms with E-state index in [1.165, 1.54) is 0 Å². The van der Waals surface area contributed by atoms with Crippen molar-refractivity contribution in [1.29, 1.82) is 0 Å². The summed E-state index contributed by atoms with van der Waals surface area (Å²) in [6, 6.07) is 17.8. The first kappa shape index (κ1) is 18.9. The molecule has 0 aliphatic heterocycles. The predicted molar refractivity (Wildman–Crippen MR) is 113 cm³/mol. The SMILES string of the molecule is Cc1c(-c2ccccc2)oc2c(C(=O)NCc3ccnc(Cl)c3)cccc2c1=O. The molecule has 4 aromatic rings. The minimum absolute atomic E-state index is 0.152. The molecule has 0 spiro atoms. The molecule has 6 heteroatoms. The molecule has 0 unspecified atom stereocenters. The third kappa shape index (κ3) is 3.77. The summed E-state index contributed by atoms with van der Waals surface area (Å²) in [4.78, 5) is 29.7. The van der Waals surface area contributed by atoms with Crippen molar-refractivity contribution in [1.82, 2.24) is 10.3 Å². The number of carbonyl (C=O) groups is 1. The van der Waals surface area contributed by atoms with Gasteiger partial charge in [-0.15, -0.1) is 0 Å². The number of para-hydroxylation sites is 1. The lowest BCUT2D eigenvalue weighted by Crippen LogP contribution is -2.23. The minimum atomic E-state index is -0.338. The van der Waals surface area contributed by atoms with Crippen molar-refractivity contribution in [3.63, 3.8) is 0 Å². The number of aromatic nitrogens is 1. The Balaban J connectivity index is 1.75. The van der Waals surface area contributed by atoms with Gasteiger partial charge in [-0.25, -0.2) is 4.98 Å². The van der Waals surface area contributed by atoms with Gasteiger partial charge in [0.05, 0.1) is 10.9 Å². The zero-order valence-corrected chi connectivity index (χ0v) is 16.4. The highest BCUT2D eigenvalue weighted by Crippen LogP contribution is 2.27. The van der Waals surface area contributed by atoms with Crippen molar-refractivity contribution in [2.24, 2.45) is 0 Å². The number of nitrogens with zero attached hydrogens (tertiary/aromatic N) is 1. The molecular formula is C23H17ClN2O3. The highest BCUT2D eigenvalue weighted by molar-refractivity contribution is 6.29. The van der Waals surface area contributed by atoms with E-state index >= 15 is 0 Å². The maximum absolute atomic E-state index is 12.9. The Morgan fingerprint density at radius 1 is 1.10 bits per heavy atom. The molecule has 1 amide bonds. The van der Waals surface area contributed by atoms with Crippen molar-refractivity contribution >= 4 is 28.5 Å². The van der Waals surface area contributed by atoms with E-state index in [0.717, 1.165) is 11.1 Å².